The largest absolute Gasteiger partial charge is 0.481 e. The maximum Gasteiger partial charge on any atom is 0.310 e. The number of nitrogens with zero attached hydrogens (tertiary/aromatic N) is 1. The summed E-state index contributed by atoms with van der Waals surface area (Å²) in [6, 6.07) is 0. The Morgan fingerprint density at radius 3 is 2.75 bits per heavy atom. The molecule has 1 aliphatic rings. The zero-order chi connectivity index (χ0) is 11.8. The zero-order valence-electron chi connectivity index (χ0n) is 9.36. The number of hydrogen-bond acceptors (Lipinski definition) is 3. The molecule has 2 rings (SSSR count). The molecule has 1 atom stereocenters. The van der Waals surface area contributed by atoms with Crippen LogP contribution in [-0.4, -0.2) is 27.8 Å². The zero-order valence-corrected chi connectivity index (χ0v) is 9.36. The van der Waals surface area contributed by atoms with Crippen LogP contribution in [0.3, 0.4) is 0 Å². The smallest absolute Gasteiger partial charge is 0.310 e. The van der Waals surface area contributed by atoms with Gasteiger partial charge in [0.15, 0.2) is 0 Å². The fourth-order valence-corrected chi connectivity index (χ4v) is 2.60. The lowest BCUT2D eigenvalue weighted by molar-refractivity contribution is -0.156. The van der Waals surface area contributed by atoms with Gasteiger partial charge in [-0.3, -0.25) is 9.89 Å². The fourth-order valence-electron chi connectivity index (χ4n) is 2.60. The highest BCUT2D eigenvalue weighted by Gasteiger charge is 2.51. The Morgan fingerprint density at radius 1 is 1.75 bits per heavy atom. The highest BCUT2D eigenvalue weighted by atomic mass is 16.4. The van der Waals surface area contributed by atoms with Crippen LogP contribution < -0.4 is 5.73 Å². The van der Waals surface area contributed by atoms with Crippen LogP contribution in [-0.2, 0) is 4.79 Å². The van der Waals surface area contributed by atoms with Crippen molar-refractivity contribution in [1.29, 1.82) is 0 Å². The molecule has 0 amide bonds. The van der Waals surface area contributed by atoms with Crippen LogP contribution in [0.2, 0.25) is 0 Å². The number of carboxylic acids is 1. The molecule has 88 valence electrons. The molecule has 1 aliphatic carbocycles. The minimum atomic E-state index is -0.733. The lowest BCUT2D eigenvalue weighted by Gasteiger charge is -2.43. The van der Waals surface area contributed by atoms with E-state index in [0.29, 0.717) is 19.4 Å². The van der Waals surface area contributed by atoms with E-state index in [4.69, 9.17) is 5.73 Å². The van der Waals surface area contributed by atoms with Crippen LogP contribution in [0.25, 0.3) is 0 Å². The quantitative estimate of drug-likeness (QED) is 0.710. The summed E-state index contributed by atoms with van der Waals surface area (Å²) < 4.78 is 0. The van der Waals surface area contributed by atoms with Gasteiger partial charge in [0.2, 0.25) is 0 Å². The first-order chi connectivity index (χ1) is 7.62. The number of H-pyrrole nitrogens is 1. The molecule has 16 heavy (non-hydrogen) atoms. The SMILES string of the molecule is Cc1cn[nH]c1[C@@H](CN)C1(C(=O)O)CCC1. The Hall–Kier alpha value is -1.36. The molecule has 0 radical (unpaired) electrons. The van der Waals surface area contributed by atoms with Gasteiger partial charge < -0.3 is 10.8 Å². The number of nitrogens with one attached hydrogen (secondary N) is 1. The molecule has 1 aromatic rings. The number of aliphatic carboxylic acids is 1. The summed E-state index contributed by atoms with van der Waals surface area (Å²) in [7, 11) is 0. The standard InChI is InChI=1S/C11H17N3O2/c1-7-6-13-14-9(7)8(5-12)11(10(15)16)3-2-4-11/h6,8H,2-5,12H2,1H3,(H,13,14)(H,15,16)/t8-/m1/s1. The molecule has 5 nitrogen and oxygen atoms in total. The van der Waals surface area contributed by atoms with Crippen LogP contribution in [0.4, 0.5) is 0 Å². The van der Waals surface area contributed by atoms with Crippen LogP contribution in [0.5, 0.6) is 0 Å². The number of aromatic amines is 1. The maximum absolute atomic E-state index is 11.4. The minimum Gasteiger partial charge on any atom is -0.481 e. The minimum absolute atomic E-state index is 0.152. The molecular formula is C11H17N3O2. The molecule has 0 aliphatic heterocycles. The summed E-state index contributed by atoms with van der Waals surface area (Å²) in [6.07, 6.45) is 4.10. The van der Waals surface area contributed by atoms with Crippen LogP contribution in [0, 0.1) is 12.3 Å². The third-order valence-corrected chi connectivity index (χ3v) is 3.79. The normalized spacial score (nSPS) is 20.1. The van der Waals surface area contributed by atoms with Gasteiger partial charge in [-0.05, 0) is 25.3 Å². The van der Waals surface area contributed by atoms with Crippen LogP contribution >= 0.6 is 0 Å². The average molecular weight is 223 g/mol. The first-order valence-electron chi connectivity index (χ1n) is 5.55. The number of rotatable bonds is 4. The lowest BCUT2D eigenvalue weighted by Crippen LogP contribution is -2.46. The predicted octanol–water partition coefficient (Wildman–Crippen LogP) is 1.02. The molecule has 0 spiro atoms. The molecule has 1 fully saturated rings. The molecule has 5 heteroatoms. The van der Waals surface area contributed by atoms with Gasteiger partial charge in [0.1, 0.15) is 0 Å². The Morgan fingerprint density at radius 2 is 2.44 bits per heavy atom. The van der Waals surface area contributed by atoms with Gasteiger partial charge >= 0.3 is 5.97 Å². The maximum atomic E-state index is 11.4. The van der Waals surface area contributed by atoms with E-state index in [1.807, 2.05) is 6.92 Å². The van der Waals surface area contributed by atoms with Crippen molar-refractivity contribution in [2.24, 2.45) is 11.1 Å². The van der Waals surface area contributed by atoms with Crippen molar-refractivity contribution in [2.45, 2.75) is 32.1 Å². The summed E-state index contributed by atoms with van der Waals surface area (Å²) in [5.74, 6) is -0.885. The van der Waals surface area contributed by atoms with E-state index in [2.05, 4.69) is 10.2 Å². The van der Waals surface area contributed by atoms with Crippen molar-refractivity contribution in [3.8, 4) is 0 Å². The second kappa shape index (κ2) is 3.90. The van der Waals surface area contributed by atoms with E-state index in [9.17, 15) is 9.90 Å². The lowest BCUT2D eigenvalue weighted by atomic mass is 9.60. The van der Waals surface area contributed by atoms with Gasteiger partial charge in [0.25, 0.3) is 0 Å². The van der Waals surface area contributed by atoms with Crippen molar-refractivity contribution >= 4 is 5.97 Å². The van der Waals surface area contributed by atoms with Crippen LogP contribution in [0.15, 0.2) is 6.20 Å². The van der Waals surface area contributed by atoms with Crippen LogP contribution in [0.1, 0.15) is 36.4 Å². The Kier molecular flexibility index (Phi) is 2.71. The number of aromatic nitrogens is 2. The van der Waals surface area contributed by atoms with Gasteiger partial charge in [-0.25, -0.2) is 0 Å². The monoisotopic (exact) mass is 223 g/mol. The Bertz CT molecular complexity index is 396. The summed E-state index contributed by atoms with van der Waals surface area (Å²) in [5, 5.41) is 16.2. The molecule has 1 saturated carbocycles. The summed E-state index contributed by atoms with van der Waals surface area (Å²) >= 11 is 0. The number of hydrogen-bond donors (Lipinski definition) is 3. The molecule has 1 heterocycles. The van der Waals surface area contributed by atoms with Gasteiger partial charge in [-0.15, -0.1) is 0 Å². The fraction of sp³-hybridized carbons (Fsp3) is 0.636. The summed E-state index contributed by atoms with van der Waals surface area (Å²) in [6.45, 7) is 2.27. The topological polar surface area (TPSA) is 92.0 Å². The third-order valence-electron chi connectivity index (χ3n) is 3.79. The number of aryl methyl sites for hydroxylation is 1. The third kappa shape index (κ3) is 1.43. The predicted molar refractivity (Wildman–Crippen MR) is 59.0 cm³/mol. The highest BCUT2D eigenvalue weighted by molar-refractivity contribution is 5.77. The van der Waals surface area contributed by atoms with E-state index < -0.39 is 11.4 Å². The van der Waals surface area contributed by atoms with Crippen molar-refractivity contribution in [2.75, 3.05) is 6.54 Å². The van der Waals surface area contributed by atoms with Crippen molar-refractivity contribution in [3.05, 3.63) is 17.5 Å². The van der Waals surface area contributed by atoms with Crippen molar-refractivity contribution < 1.29 is 9.90 Å². The van der Waals surface area contributed by atoms with E-state index in [-0.39, 0.29) is 5.92 Å². The molecule has 0 aromatic carbocycles. The van der Waals surface area contributed by atoms with E-state index in [0.717, 1.165) is 17.7 Å². The number of carboxylic acid groups (broad SMARTS) is 1. The van der Waals surface area contributed by atoms with Gasteiger partial charge in [-0.2, -0.15) is 5.10 Å². The molecule has 0 saturated heterocycles. The molecule has 0 unspecified atom stereocenters. The number of carbonyl (C=O) groups is 1. The van der Waals surface area contributed by atoms with Gasteiger partial charge in [0.05, 0.1) is 11.6 Å². The highest BCUT2D eigenvalue weighted by Crippen LogP contribution is 2.51. The molecular weight excluding hydrogens is 206 g/mol. The molecule has 1 aromatic heterocycles. The van der Waals surface area contributed by atoms with Gasteiger partial charge in [0, 0.05) is 18.2 Å². The summed E-state index contributed by atoms with van der Waals surface area (Å²) in [5.41, 5.74) is 6.95. The van der Waals surface area contributed by atoms with Crippen molar-refractivity contribution in [1.82, 2.24) is 10.2 Å². The van der Waals surface area contributed by atoms with Crippen molar-refractivity contribution in [3.63, 3.8) is 0 Å². The Balaban J connectivity index is 2.36. The molecule has 4 N–H and O–H groups in total. The van der Waals surface area contributed by atoms with Gasteiger partial charge in [-0.1, -0.05) is 6.42 Å². The molecule has 0 bridgehead atoms. The van der Waals surface area contributed by atoms with E-state index in [1.165, 1.54) is 0 Å². The van der Waals surface area contributed by atoms with E-state index >= 15 is 0 Å². The second-order valence-corrected chi connectivity index (χ2v) is 4.57. The second-order valence-electron chi connectivity index (χ2n) is 4.57. The van der Waals surface area contributed by atoms with E-state index in [1.54, 1.807) is 6.20 Å². The average Bonchev–Trinajstić information content (AvgIpc) is 2.57. The number of nitrogens with two attached hydrogens (primary N) is 1. The first kappa shape index (κ1) is 11.1. The Labute approximate surface area is 94.0 Å². The first-order valence-corrected chi connectivity index (χ1v) is 5.55. The summed E-state index contributed by atoms with van der Waals surface area (Å²) in [4.78, 5) is 11.4.